The van der Waals surface area contributed by atoms with E-state index in [1.54, 1.807) is 11.6 Å². The summed E-state index contributed by atoms with van der Waals surface area (Å²) in [5.41, 5.74) is 2.98. The van der Waals surface area contributed by atoms with E-state index in [4.69, 9.17) is 0 Å². The Morgan fingerprint density at radius 3 is 2.83 bits per heavy atom. The first-order valence-electron chi connectivity index (χ1n) is 7.20. The Hall–Kier alpha value is -2.58. The van der Waals surface area contributed by atoms with E-state index in [2.05, 4.69) is 20.2 Å². The molecule has 0 fully saturated rings. The normalized spacial score (nSPS) is 15.4. The summed E-state index contributed by atoms with van der Waals surface area (Å²) in [6, 6.07) is 7.94. The molecule has 0 atom stereocenters. The number of aryl methyl sites for hydroxylation is 1. The van der Waals surface area contributed by atoms with Crippen LogP contribution < -0.4 is 4.80 Å². The highest BCUT2D eigenvalue weighted by Crippen LogP contribution is 2.34. The van der Waals surface area contributed by atoms with Crippen LogP contribution in [0.2, 0.25) is 0 Å². The van der Waals surface area contributed by atoms with Crippen molar-refractivity contribution in [3.05, 3.63) is 44.5 Å². The number of nitrogens with zero attached hydrogens (tertiary/aromatic N) is 5. The smallest absolute Gasteiger partial charge is 0.234 e. The minimum atomic E-state index is 0.172. The molecule has 1 aliphatic rings. The van der Waals surface area contributed by atoms with Gasteiger partial charge >= 0.3 is 0 Å². The van der Waals surface area contributed by atoms with Gasteiger partial charge in [0.1, 0.15) is 5.01 Å². The molecule has 0 saturated heterocycles. The molecular weight excluding hydrogens is 342 g/mol. The maximum Gasteiger partial charge on any atom is 0.234 e. The van der Waals surface area contributed by atoms with Gasteiger partial charge in [0.05, 0.1) is 10.6 Å². The third-order valence-corrected chi connectivity index (χ3v) is 5.38. The number of aromatic hydroxyl groups is 1. The van der Waals surface area contributed by atoms with Crippen LogP contribution >= 0.6 is 22.7 Å². The number of allylic oxidation sites excluding steroid dienone is 1. The van der Waals surface area contributed by atoms with E-state index in [0.29, 0.717) is 9.93 Å². The van der Waals surface area contributed by atoms with E-state index < -0.39 is 0 Å². The van der Waals surface area contributed by atoms with Gasteiger partial charge in [-0.1, -0.05) is 40.9 Å². The van der Waals surface area contributed by atoms with Gasteiger partial charge in [-0.25, -0.2) is 0 Å². The van der Waals surface area contributed by atoms with Gasteiger partial charge in [0.25, 0.3) is 0 Å². The minimum Gasteiger partial charge on any atom is -0.493 e. The Kier molecular flexibility index (Phi) is 3.62. The fourth-order valence-electron chi connectivity index (χ4n) is 2.37. The lowest BCUT2D eigenvalue weighted by atomic mass is 10.1. The number of hydrogen-bond acceptors (Lipinski definition) is 7. The molecule has 1 N–H and O–H groups in total. The summed E-state index contributed by atoms with van der Waals surface area (Å²) in [5.74, 6) is 0.172. The summed E-state index contributed by atoms with van der Waals surface area (Å²) in [6.45, 7) is 1.88. The van der Waals surface area contributed by atoms with Gasteiger partial charge in [-0.05, 0) is 19.1 Å². The summed E-state index contributed by atoms with van der Waals surface area (Å²) >= 11 is 2.82. The number of aromatic nitrogens is 3. The highest BCUT2D eigenvalue weighted by Gasteiger charge is 2.14. The molecule has 0 saturated carbocycles. The van der Waals surface area contributed by atoms with Crippen LogP contribution in [0.15, 0.2) is 34.3 Å². The monoisotopic (exact) mass is 355 g/mol. The molecule has 6 nitrogen and oxygen atoms in total. The van der Waals surface area contributed by atoms with Crippen molar-refractivity contribution < 1.29 is 5.11 Å². The molecule has 4 rings (SSSR count). The van der Waals surface area contributed by atoms with Crippen molar-refractivity contribution in [2.24, 2.45) is 17.0 Å². The Balaban J connectivity index is 1.79. The number of benzene rings is 1. The first-order chi connectivity index (χ1) is 11.6. The van der Waals surface area contributed by atoms with Crippen molar-refractivity contribution in [1.29, 1.82) is 0 Å². The molecule has 3 aromatic rings. The topological polar surface area (TPSA) is 75.7 Å². The lowest BCUT2D eigenvalue weighted by Gasteiger charge is -1.98. The largest absolute Gasteiger partial charge is 0.493 e. The molecule has 120 valence electrons. The second kappa shape index (κ2) is 5.81. The molecular formula is C16H13N5OS2. The Labute approximate surface area is 145 Å². The van der Waals surface area contributed by atoms with E-state index >= 15 is 0 Å². The quantitative estimate of drug-likeness (QED) is 0.765. The van der Waals surface area contributed by atoms with Crippen molar-refractivity contribution in [3.8, 4) is 5.88 Å². The average Bonchev–Trinajstić information content (AvgIpc) is 3.24. The second-order valence-corrected chi connectivity index (χ2v) is 7.39. The maximum atomic E-state index is 10.4. The van der Waals surface area contributed by atoms with Crippen LogP contribution in [0.5, 0.6) is 5.88 Å². The van der Waals surface area contributed by atoms with Crippen LogP contribution in [0.3, 0.4) is 0 Å². The number of hydrogen-bond donors (Lipinski definition) is 1. The SMILES string of the molecule is Cc1nnc(N=c2sc(C=C3C=Nc4ccccc43)c(O)n2C)s1. The molecule has 8 heteroatoms. The van der Waals surface area contributed by atoms with E-state index in [9.17, 15) is 5.11 Å². The summed E-state index contributed by atoms with van der Waals surface area (Å²) in [5, 5.41) is 19.8. The highest BCUT2D eigenvalue weighted by atomic mass is 32.1. The lowest BCUT2D eigenvalue weighted by Crippen LogP contribution is -2.08. The minimum absolute atomic E-state index is 0.172. The summed E-state index contributed by atoms with van der Waals surface area (Å²) in [6.07, 6.45) is 3.74. The van der Waals surface area contributed by atoms with Crippen LogP contribution in [0.4, 0.5) is 10.8 Å². The molecule has 0 bridgehead atoms. The molecule has 0 aliphatic carbocycles. The van der Waals surface area contributed by atoms with Gasteiger partial charge in [0.2, 0.25) is 11.0 Å². The fourth-order valence-corrected chi connectivity index (χ4v) is 3.95. The van der Waals surface area contributed by atoms with Gasteiger partial charge in [0.15, 0.2) is 4.80 Å². The molecule has 1 aliphatic heterocycles. The van der Waals surface area contributed by atoms with Crippen LogP contribution in [0, 0.1) is 6.92 Å². The van der Waals surface area contributed by atoms with E-state index in [0.717, 1.165) is 26.7 Å². The molecule has 2 aromatic heterocycles. The zero-order valence-electron chi connectivity index (χ0n) is 13.0. The number of rotatable bonds is 2. The Bertz CT molecular complexity index is 1050. The fraction of sp³-hybridized carbons (Fsp3) is 0.125. The predicted molar refractivity (Wildman–Crippen MR) is 97.3 cm³/mol. The van der Waals surface area contributed by atoms with Gasteiger partial charge in [-0.15, -0.1) is 10.2 Å². The first kappa shape index (κ1) is 15.0. The van der Waals surface area contributed by atoms with Crippen molar-refractivity contribution in [1.82, 2.24) is 14.8 Å². The van der Waals surface area contributed by atoms with Crippen LogP contribution in [-0.2, 0) is 7.05 Å². The maximum absolute atomic E-state index is 10.4. The van der Waals surface area contributed by atoms with E-state index in [1.165, 1.54) is 22.7 Å². The van der Waals surface area contributed by atoms with Crippen molar-refractivity contribution in [3.63, 3.8) is 0 Å². The third-order valence-electron chi connectivity index (χ3n) is 3.58. The average molecular weight is 355 g/mol. The Morgan fingerprint density at radius 1 is 1.21 bits per heavy atom. The van der Waals surface area contributed by atoms with Crippen LogP contribution in [-0.4, -0.2) is 26.1 Å². The molecule has 0 amide bonds. The molecule has 3 heterocycles. The van der Waals surface area contributed by atoms with Gasteiger partial charge in [-0.2, -0.15) is 4.99 Å². The first-order valence-corrected chi connectivity index (χ1v) is 8.84. The summed E-state index contributed by atoms with van der Waals surface area (Å²) in [4.78, 5) is 10.3. The molecule has 0 spiro atoms. The molecule has 24 heavy (non-hydrogen) atoms. The molecule has 0 radical (unpaired) electrons. The lowest BCUT2D eigenvalue weighted by molar-refractivity contribution is 0.427. The molecule has 0 unspecified atom stereocenters. The van der Waals surface area contributed by atoms with Gasteiger partial charge in [-0.3, -0.25) is 9.56 Å². The number of para-hydroxylation sites is 1. The zero-order valence-corrected chi connectivity index (χ0v) is 14.6. The standard InChI is InChI=1S/C16H13N5OS2/c1-9-19-20-15(23-9)18-16-21(2)14(22)13(24-16)7-10-8-17-12-6-4-3-5-11(10)12/h3-8,22H,1-2H3. The number of aliphatic imine (C=N–C) groups is 1. The van der Waals surface area contributed by atoms with Crippen molar-refractivity contribution >= 4 is 51.4 Å². The molecule has 1 aromatic carbocycles. The van der Waals surface area contributed by atoms with Crippen molar-refractivity contribution in [2.45, 2.75) is 6.92 Å². The van der Waals surface area contributed by atoms with Gasteiger partial charge in [0, 0.05) is 24.4 Å². The number of fused-ring (bicyclic) bond motifs is 1. The predicted octanol–water partition coefficient (Wildman–Crippen LogP) is 3.44. The van der Waals surface area contributed by atoms with Gasteiger partial charge < -0.3 is 5.11 Å². The summed E-state index contributed by atoms with van der Waals surface area (Å²) in [7, 11) is 1.78. The highest BCUT2D eigenvalue weighted by molar-refractivity contribution is 7.15. The van der Waals surface area contributed by atoms with Crippen molar-refractivity contribution in [2.75, 3.05) is 0 Å². The van der Waals surface area contributed by atoms with Crippen LogP contribution in [0.25, 0.3) is 11.6 Å². The summed E-state index contributed by atoms with van der Waals surface area (Å²) < 4.78 is 1.64. The second-order valence-electron chi connectivity index (χ2n) is 5.22. The third kappa shape index (κ3) is 2.59. The Morgan fingerprint density at radius 2 is 2.04 bits per heavy atom. The zero-order chi connectivity index (χ0) is 16.7. The van der Waals surface area contributed by atoms with Crippen LogP contribution in [0.1, 0.15) is 15.4 Å². The number of thiazole rings is 1. The van der Waals surface area contributed by atoms with E-state index in [-0.39, 0.29) is 5.88 Å². The van der Waals surface area contributed by atoms with E-state index in [1.807, 2.05) is 43.5 Å².